The Bertz CT molecular complexity index is 669. The van der Waals surface area contributed by atoms with Crippen LogP contribution in [0.15, 0.2) is 54.6 Å². The second kappa shape index (κ2) is 8.84. The number of para-hydroxylation sites is 1. The summed E-state index contributed by atoms with van der Waals surface area (Å²) >= 11 is 0. The Hall–Kier alpha value is -2.66. The lowest BCUT2D eigenvalue weighted by atomic mass is 10.1. The molecule has 0 aliphatic rings. The molecule has 24 heavy (non-hydrogen) atoms. The molecule has 5 heteroatoms. The highest BCUT2D eigenvalue weighted by Crippen LogP contribution is 2.10. The molecule has 0 spiro atoms. The Morgan fingerprint density at radius 1 is 0.958 bits per heavy atom. The summed E-state index contributed by atoms with van der Waals surface area (Å²) in [4.78, 5) is 24.1. The standard InChI is InChI=1S/C19H22N2O3/c1-2-6-17(22)13-20-18(23)14-9-11-15(12-10-14)19(24)21-16-7-4-3-5-8-16/h3-5,7-12,17,22H,2,6,13H2,1H3,(H,20,23)(H,21,24). The molecule has 0 aliphatic carbocycles. The Kier molecular flexibility index (Phi) is 6.51. The first-order chi connectivity index (χ1) is 11.6. The van der Waals surface area contributed by atoms with E-state index in [0.29, 0.717) is 23.2 Å². The number of hydrogen-bond donors (Lipinski definition) is 3. The summed E-state index contributed by atoms with van der Waals surface area (Å²) in [6, 6.07) is 15.6. The molecular weight excluding hydrogens is 304 g/mol. The van der Waals surface area contributed by atoms with Crippen molar-refractivity contribution in [2.75, 3.05) is 11.9 Å². The van der Waals surface area contributed by atoms with Crippen molar-refractivity contribution in [2.45, 2.75) is 25.9 Å². The molecule has 0 fully saturated rings. The number of amides is 2. The normalized spacial score (nSPS) is 11.6. The maximum absolute atomic E-state index is 12.1. The van der Waals surface area contributed by atoms with Crippen LogP contribution in [-0.4, -0.2) is 29.6 Å². The quantitative estimate of drug-likeness (QED) is 0.732. The van der Waals surface area contributed by atoms with E-state index < -0.39 is 6.10 Å². The van der Waals surface area contributed by atoms with Crippen molar-refractivity contribution in [3.8, 4) is 0 Å². The topological polar surface area (TPSA) is 78.4 Å². The summed E-state index contributed by atoms with van der Waals surface area (Å²) in [6.07, 6.45) is 0.982. The second-order valence-electron chi connectivity index (χ2n) is 5.55. The van der Waals surface area contributed by atoms with Gasteiger partial charge in [-0.25, -0.2) is 0 Å². The number of aliphatic hydroxyl groups excluding tert-OH is 1. The summed E-state index contributed by atoms with van der Waals surface area (Å²) in [6.45, 7) is 2.20. The fraction of sp³-hybridized carbons (Fsp3) is 0.263. The third-order valence-corrected chi connectivity index (χ3v) is 3.56. The SMILES string of the molecule is CCCC(O)CNC(=O)c1ccc(C(=O)Nc2ccccc2)cc1. The molecule has 0 aliphatic heterocycles. The number of rotatable bonds is 7. The molecule has 0 aromatic heterocycles. The summed E-state index contributed by atoms with van der Waals surface area (Å²) in [5, 5.41) is 15.1. The van der Waals surface area contributed by atoms with Crippen molar-refractivity contribution in [2.24, 2.45) is 0 Å². The van der Waals surface area contributed by atoms with Gasteiger partial charge in [0.05, 0.1) is 6.10 Å². The van der Waals surface area contributed by atoms with Crippen LogP contribution in [0, 0.1) is 0 Å². The van der Waals surface area contributed by atoms with Crippen LogP contribution in [0.2, 0.25) is 0 Å². The predicted molar refractivity (Wildman–Crippen MR) is 94.1 cm³/mol. The van der Waals surface area contributed by atoms with Crippen molar-refractivity contribution in [1.29, 1.82) is 0 Å². The molecule has 2 rings (SSSR count). The van der Waals surface area contributed by atoms with Gasteiger partial charge in [-0.1, -0.05) is 31.5 Å². The Morgan fingerprint density at radius 2 is 1.54 bits per heavy atom. The van der Waals surface area contributed by atoms with E-state index in [1.807, 2.05) is 25.1 Å². The molecule has 0 heterocycles. The van der Waals surface area contributed by atoms with Gasteiger partial charge < -0.3 is 15.7 Å². The minimum Gasteiger partial charge on any atom is -0.391 e. The van der Waals surface area contributed by atoms with Crippen molar-refractivity contribution in [1.82, 2.24) is 5.32 Å². The maximum Gasteiger partial charge on any atom is 0.255 e. The molecule has 2 aromatic rings. The van der Waals surface area contributed by atoms with E-state index in [-0.39, 0.29) is 18.4 Å². The highest BCUT2D eigenvalue weighted by Gasteiger charge is 2.10. The van der Waals surface area contributed by atoms with Crippen molar-refractivity contribution >= 4 is 17.5 Å². The van der Waals surface area contributed by atoms with Gasteiger partial charge in [0.1, 0.15) is 0 Å². The number of aliphatic hydroxyl groups is 1. The van der Waals surface area contributed by atoms with E-state index in [1.165, 1.54) is 0 Å². The van der Waals surface area contributed by atoms with Crippen LogP contribution in [0.4, 0.5) is 5.69 Å². The van der Waals surface area contributed by atoms with Gasteiger partial charge >= 0.3 is 0 Å². The first kappa shape index (κ1) is 17.7. The van der Waals surface area contributed by atoms with Crippen LogP contribution in [-0.2, 0) is 0 Å². The third-order valence-electron chi connectivity index (χ3n) is 3.56. The van der Waals surface area contributed by atoms with E-state index in [0.717, 1.165) is 6.42 Å². The van der Waals surface area contributed by atoms with Gasteiger partial charge in [0.25, 0.3) is 11.8 Å². The van der Waals surface area contributed by atoms with Crippen LogP contribution >= 0.6 is 0 Å². The molecular formula is C19H22N2O3. The lowest BCUT2D eigenvalue weighted by Crippen LogP contribution is -2.32. The largest absolute Gasteiger partial charge is 0.391 e. The average Bonchev–Trinajstić information content (AvgIpc) is 2.61. The number of carbonyl (C=O) groups is 2. The number of carbonyl (C=O) groups excluding carboxylic acids is 2. The molecule has 2 amide bonds. The van der Waals surface area contributed by atoms with Gasteiger partial charge in [0.2, 0.25) is 0 Å². The molecule has 3 N–H and O–H groups in total. The summed E-state index contributed by atoms with van der Waals surface area (Å²) in [5.41, 5.74) is 1.64. The van der Waals surface area contributed by atoms with E-state index in [9.17, 15) is 14.7 Å². The second-order valence-corrected chi connectivity index (χ2v) is 5.55. The summed E-state index contributed by atoms with van der Waals surface area (Å²) in [7, 11) is 0. The van der Waals surface area contributed by atoms with Gasteiger partial charge in [0.15, 0.2) is 0 Å². The molecule has 5 nitrogen and oxygen atoms in total. The van der Waals surface area contributed by atoms with E-state index in [2.05, 4.69) is 10.6 Å². The minimum absolute atomic E-state index is 0.225. The zero-order valence-corrected chi connectivity index (χ0v) is 13.7. The monoisotopic (exact) mass is 326 g/mol. The maximum atomic E-state index is 12.1. The van der Waals surface area contributed by atoms with Crippen LogP contribution < -0.4 is 10.6 Å². The summed E-state index contributed by atoms with van der Waals surface area (Å²) < 4.78 is 0. The molecule has 0 saturated carbocycles. The lowest BCUT2D eigenvalue weighted by Gasteiger charge is -2.11. The number of nitrogens with one attached hydrogen (secondary N) is 2. The summed E-state index contributed by atoms with van der Waals surface area (Å²) in [5.74, 6) is -0.494. The van der Waals surface area contributed by atoms with Crippen LogP contribution in [0.25, 0.3) is 0 Å². The van der Waals surface area contributed by atoms with Crippen molar-refractivity contribution in [3.63, 3.8) is 0 Å². The van der Waals surface area contributed by atoms with Crippen LogP contribution in [0.1, 0.15) is 40.5 Å². The lowest BCUT2D eigenvalue weighted by molar-refractivity contribution is 0.0909. The zero-order valence-electron chi connectivity index (χ0n) is 13.7. The van der Waals surface area contributed by atoms with Gasteiger partial charge in [-0.2, -0.15) is 0 Å². The first-order valence-corrected chi connectivity index (χ1v) is 8.03. The van der Waals surface area contributed by atoms with E-state index in [1.54, 1.807) is 36.4 Å². The molecule has 2 aromatic carbocycles. The van der Waals surface area contributed by atoms with Gasteiger partial charge in [0, 0.05) is 23.4 Å². The zero-order chi connectivity index (χ0) is 17.4. The smallest absolute Gasteiger partial charge is 0.255 e. The highest BCUT2D eigenvalue weighted by molar-refractivity contribution is 6.05. The predicted octanol–water partition coefficient (Wildman–Crippen LogP) is 2.83. The highest BCUT2D eigenvalue weighted by atomic mass is 16.3. The fourth-order valence-electron chi connectivity index (χ4n) is 2.25. The Balaban J connectivity index is 1.92. The first-order valence-electron chi connectivity index (χ1n) is 8.03. The Morgan fingerprint density at radius 3 is 2.12 bits per heavy atom. The van der Waals surface area contributed by atoms with Crippen LogP contribution in [0.5, 0.6) is 0 Å². The Labute approximate surface area is 141 Å². The van der Waals surface area contributed by atoms with Crippen molar-refractivity contribution in [3.05, 3.63) is 65.7 Å². The fourth-order valence-corrected chi connectivity index (χ4v) is 2.25. The molecule has 1 atom stereocenters. The number of hydrogen-bond acceptors (Lipinski definition) is 3. The minimum atomic E-state index is -0.533. The molecule has 126 valence electrons. The number of anilines is 1. The third kappa shape index (κ3) is 5.21. The van der Waals surface area contributed by atoms with Crippen molar-refractivity contribution < 1.29 is 14.7 Å². The molecule has 1 unspecified atom stereocenters. The average molecular weight is 326 g/mol. The van der Waals surface area contributed by atoms with Gasteiger partial charge in [-0.05, 0) is 42.8 Å². The van der Waals surface area contributed by atoms with E-state index >= 15 is 0 Å². The molecule has 0 radical (unpaired) electrons. The van der Waals surface area contributed by atoms with E-state index in [4.69, 9.17) is 0 Å². The van der Waals surface area contributed by atoms with Crippen LogP contribution in [0.3, 0.4) is 0 Å². The van der Waals surface area contributed by atoms with Gasteiger partial charge in [-0.3, -0.25) is 9.59 Å². The van der Waals surface area contributed by atoms with Gasteiger partial charge in [-0.15, -0.1) is 0 Å². The number of benzene rings is 2. The molecule has 0 bridgehead atoms. The molecule has 0 saturated heterocycles.